The van der Waals surface area contributed by atoms with Gasteiger partial charge in [0.15, 0.2) is 17.2 Å². The van der Waals surface area contributed by atoms with Gasteiger partial charge < -0.3 is 20.7 Å². The zero-order valence-electron chi connectivity index (χ0n) is 18.0. The first-order chi connectivity index (χ1) is 15.2. The largest absolute Gasteiger partial charge is 0.475 e. The van der Waals surface area contributed by atoms with Crippen LogP contribution in [0.2, 0.25) is 0 Å². The van der Waals surface area contributed by atoms with Crippen molar-refractivity contribution in [1.82, 2.24) is 10.3 Å². The Kier molecular flexibility index (Phi) is 5.75. The Labute approximate surface area is 184 Å². The Balaban J connectivity index is 1.44. The fourth-order valence-corrected chi connectivity index (χ4v) is 4.67. The van der Waals surface area contributed by atoms with Crippen LogP contribution in [0.15, 0.2) is 36.5 Å². The fourth-order valence-electron chi connectivity index (χ4n) is 4.67. The fraction of sp³-hybridized carbons (Fsp3) is 0.435. The number of rotatable bonds is 6. The minimum absolute atomic E-state index is 0.0991. The van der Waals surface area contributed by atoms with Crippen molar-refractivity contribution in [2.75, 3.05) is 4.90 Å². The van der Waals surface area contributed by atoms with E-state index in [9.17, 15) is 18.4 Å². The average Bonchev–Trinajstić information content (AvgIpc) is 3.00. The smallest absolute Gasteiger partial charge is 0.263 e. The van der Waals surface area contributed by atoms with Crippen LogP contribution in [0, 0.1) is 11.6 Å². The van der Waals surface area contributed by atoms with Gasteiger partial charge in [-0.25, -0.2) is 13.8 Å². The summed E-state index contributed by atoms with van der Waals surface area (Å²) in [6, 6.07) is 6.46. The number of carbonyl (C=O) groups excluding carboxylic acids is 2. The van der Waals surface area contributed by atoms with Gasteiger partial charge >= 0.3 is 0 Å². The van der Waals surface area contributed by atoms with E-state index in [0.29, 0.717) is 30.3 Å². The van der Waals surface area contributed by atoms with E-state index in [1.165, 1.54) is 6.07 Å². The maximum Gasteiger partial charge on any atom is 0.263 e. The first-order valence-electron chi connectivity index (χ1n) is 10.6. The molecular weight excluding hydrogens is 418 g/mol. The van der Waals surface area contributed by atoms with Crippen LogP contribution in [0.1, 0.15) is 49.9 Å². The number of hydrogen-bond acceptors (Lipinski definition) is 5. The van der Waals surface area contributed by atoms with E-state index in [1.807, 2.05) is 0 Å². The van der Waals surface area contributed by atoms with E-state index in [4.69, 9.17) is 10.5 Å². The van der Waals surface area contributed by atoms with E-state index in [-0.39, 0.29) is 29.8 Å². The molecule has 7 nitrogen and oxygen atoms in total. The van der Waals surface area contributed by atoms with Crippen molar-refractivity contribution >= 4 is 17.6 Å². The lowest BCUT2D eigenvalue weighted by Gasteiger charge is -2.41. The molecule has 2 aliphatic rings. The highest BCUT2D eigenvalue weighted by molar-refractivity contribution is 5.97. The SMILES string of the molecule is CC(C)(Oc1ccc(F)cc1F)C(=O)NC1CC2CCC(C1)N2c1ncccc1C(N)=O. The monoisotopic (exact) mass is 444 g/mol. The van der Waals surface area contributed by atoms with E-state index in [1.54, 1.807) is 32.2 Å². The minimum Gasteiger partial charge on any atom is -0.475 e. The van der Waals surface area contributed by atoms with Gasteiger partial charge in [-0.15, -0.1) is 0 Å². The molecule has 2 atom stereocenters. The van der Waals surface area contributed by atoms with Crippen molar-refractivity contribution in [3.63, 3.8) is 0 Å². The molecule has 32 heavy (non-hydrogen) atoms. The molecule has 3 N–H and O–H groups in total. The molecule has 9 heteroatoms. The molecule has 2 amide bonds. The van der Waals surface area contributed by atoms with E-state index in [0.717, 1.165) is 18.9 Å². The van der Waals surface area contributed by atoms with Crippen LogP contribution in [0.4, 0.5) is 14.6 Å². The highest BCUT2D eigenvalue weighted by Crippen LogP contribution is 2.40. The number of benzene rings is 1. The first-order valence-corrected chi connectivity index (χ1v) is 10.6. The van der Waals surface area contributed by atoms with Gasteiger partial charge in [0.2, 0.25) is 0 Å². The van der Waals surface area contributed by atoms with Crippen LogP contribution in [-0.4, -0.2) is 40.5 Å². The van der Waals surface area contributed by atoms with Crippen molar-refractivity contribution in [2.45, 2.75) is 63.3 Å². The summed E-state index contributed by atoms with van der Waals surface area (Å²) >= 11 is 0. The number of nitrogens with two attached hydrogens (primary N) is 1. The predicted molar refractivity (Wildman–Crippen MR) is 114 cm³/mol. The second-order valence-corrected chi connectivity index (χ2v) is 8.86. The number of ether oxygens (including phenoxy) is 1. The highest BCUT2D eigenvalue weighted by atomic mass is 19.1. The number of nitrogens with one attached hydrogen (secondary N) is 1. The van der Waals surface area contributed by atoms with Crippen LogP contribution in [0.25, 0.3) is 0 Å². The molecule has 0 spiro atoms. The van der Waals surface area contributed by atoms with Gasteiger partial charge in [0, 0.05) is 30.4 Å². The van der Waals surface area contributed by atoms with Gasteiger partial charge in [-0.1, -0.05) is 0 Å². The molecule has 1 aromatic carbocycles. The summed E-state index contributed by atoms with van der Waals surface area (Å²) in [4.78, 5) is 31.3. The first kappa shape index (κ1) is 22.0. The van der Waals surface area contributed by atoms with Crippen molar-refractivity contribution in [3.05, 3.63) is 53.7 Å². The molecule has 4 rings (SSSR count). The average molecular weight is 444 g/mol. The number of halogens is 2. The topological polar surface area (TPSA) is 97.6 Å². The normalized spacial score (nSPS) is 22.5. The minimum atomic E-state index is -1.35. The molecule has 2 saturated heterocycles. The summed E-state index contributed by atoms with van der Waals surface area (Å²) in [5.41, 5.74) is 4.57. The molecule has 2 aromatic rings. The second kappa shape index (κ2) is 8.37. The summed E-state index contributed by atoms with van der Waals surface area (Å²) < 4.78 is 32.7. The molecule has 2 fully saturated rings. The number of aromatic nitrogens is 1. The van der Waals surface area contributed by atoms with Crippen molar-refractivity contribution in [2.24, 2.45) is 5.73 Å². The lowest BCUT2D eigenvalue weighted by molar-refractivity contribution is -0.135. The number of nitrogens with zero attached hydrogens (tertiary/aromatic N) is 2. The number of carbonyl (C=O) groups is 2. The molecule has 2 unspecified atom stereocenters. The van der Waals surface area contributed by atoms with Gasteiger partial charge in [-0.05, 0) is 63.8 Å². The molecule has 2 bridgehead atoms. The summed E-state index contributed by atoms with van der Waals surface area (Å²) in [6.07, 6.45) is 4.85. The lowest BCUT2D eigenvalue weighted by atomic mass is 9.95. The van der Waals surface area contributed by atoms with Gasteiger partial charge in [0.1, 0.15) is 11.6 Å². The van der Waals surface area contributed by atoms with Crippen LogP contribution < -0.4 is 20.7 Å². The molecule has 0 saturated carbocycles. The van der Waals surface area contributed by atoms with Crippen LogP contribution in [0.3, 0.4) is 0 Å². The third kappa shape index (κ3) is 4.24. The second-order valence-electron chi connectivity index (χ2n) is 8.86. The van der Waals surface area contributed by atoms with E-state index in [2.05, 4.69) is 15.2 Å². The Morgan fingerprint density at radius 1 is 1.19 bits per heavy atom. The molecule has 170 valence electrons. The third-order valence-corrected chi connectivity index (χ3v) is 6.17. The zero-order chi connectivity index (χ0) is 23.0. The van der Waals surface area contributed by atoms with Crippen molar-refractivity contribution in [3.8, 4) is 5.75 Å². The van der Waals surface area contributed by atoms with Gasteiger partial charge in [-0.3, -0.25) is 9.59 Å². The molecule has 0 aliphatic carbocycles. The summed E-state index contributed by atoms with van der Waals surface area (Å²) in [7, 11) is 0. The number of primary amides is 1. The van der Waals surface area contributed by atoms with Gasteiger partial charge in [-0.2, -0.15) is 0 Å². The maximum absolute atomic E-state index is 14.0. The molecule has 0 radical (unpaired) electrons. The van der Waals surface area contributed by atoms with Crippen molar-refractivity contribution in [1.29, 1.82) is 0 Å². The number of pyridine rings is 1. The number of piperidine rings is 1. The summed E-state index contributed by atoms with van der Waals surface area (Å²) in [5.74, 6) is -2.07. The van der Waals surface area contributed by atoms with Crippen molar-refractivity contribution < 1.29 is 23.1 Å². The highest BCUT2D eigenvalue weighted by Gasteiger charge is 2.44. The number of fused-ring (bicyclic) bond motifs is 2. The molecule has 3 heterocycles. The number of hydrogen-bond donors (Lipinski definition) is 2. The van der Waals surface area contributed by atoms with E-state index < -0.39 is 23.1 Å². The van der Waals surface area contributed by atoms with Gasteiger partial charge in [0.05, 0.1) is 5.56 Å². The lowest BCUT2D eigenvalue weighted by Crippen LogP contribution is -2.55. The maximum atomic E-state index is 14.0. The Hall–Kier alpha value is -3.23. The van der Waals surface area contributed by atoms with Crippen LogP contribution in [-0.2, 0) is 4.79 Å². The zero-order valence-corrected chi connectivity index (χ0v) is 18.0. The summed E-state index contributed by atoms with van der Waals surface area (Å²) in [5, 5.41) is 3.02. The van der Waals surface area contributed by atoms with Gasteiger partial charge in [0.25, 0.3) is 11.8 Å². The predicted octanol–water partition coefficient (Wildman–Crippen LogP) is 2.93. The standard InChI is InChI=1S/C23H26F2N4O3/c1-23(2,32-19-8-5-13(24)10-18(19)25)22(31)28-14-11-15-6-7-16(12-14)29(15)21-17(20(26)30)4-3-9-27-21/h3-5,8-10,14-16H,6-7,11-12H2,1-2H3,(H2,26,30)(H,28,31). The molecule has 2 aliphatic heterocycles. The third-order valence-electron chi connectivity index (χ3n) is 6.17. The number of anilines is 1. The summed E-state index contributed by atoms with van der Waals surface area (Å²) in [6.45, 7) is 3.09. The van der Waals surface area contributed by atoms with Crippen LogP contribution >= 0.6 is 0 Å². The van der Waals surface area contributed by atoms with E-state index >= 15 is 0 Å². The Morgan fingerprint density at radius 2 is 1.88 bits per heavy atom. The number of amides is 2. The Morgan fingerprint density at radius 3 is 2.50 bits per heavy atom. The Bertz CT molecular complexity index is 1030. The quantitative estimate of drug-likeness (QED) is 0.714. The molecular formula is C23H26F2N4O3. The molecule has 1 aromatic heterocycles. The van der Waals surface area contributed by atoms with Crippen LogP contribution in [0.5, 0.6) is 5.75 Å².